The fourth-order valence-corrected chi connectivity index (χ4v) is 3.58. The molecule has 0 atom stereocenters. The largest absolute Gasteiger partial charge is 0.485 e. The number of hydrogen-bond donors (Lipinski definition) is 1. The van der Waals surface area contributed by atoms with Gasteiger partial charge in [0.2, 0.25) is 5.91 Å². The number of anilines is 1. The Balaban J connectivity index is 1.57. The number of nitrogens with zero attached hydrogens (tertiary/aromatic N) is 4. The lowest BCUT2D eigenvalue weighted by atomic mass is 10.1. The highest BCUT2D eigenvalue weighted by atomic mass is 35.5. The molecule has 3 rings (SSSR count). The van der Waals surface area contributed by atoms with Gasteiger partial charge in [-0.1, -0.05) is 35.5 Å². The van der Waals surface area contributed by atoms with Crippen molar-refractivity contribution in [2.45, 2.75) is 25.6 Å². The van der Waals surface area contributed by atoms with E-state index in [4.69, 9.17) is 16.3 Å². The summed E-state index contributed by atoms with van der Waals surface area (Å²) in [4.78, 5) is 22.6. The van der Waals surface area contributed by atoms with E-state index in [1.165, 1.54) is 30.0 Å². The van der Waals surface area contributed by atoms with Crippen LogP contribution in [-0.2, 0) is 18.4 Å². The molecule has 0 spiro atoms. The molecule has 0 bridgehead atoms. The lowest BCUT2D eigenvalue weighted by molar-refractivity contribution is -0.384. The number of aryl methyl sites for hydroxylation is 2. The maximum absolute atomic E-state index is 12.2. The summed E-state index contributed by atoms with van der Waals surface area (Å²) in [6, 6.07) is 10.1. The molecule has 0 unspecified atom stereocenters. The van der Waals surface area contributed by atoms with Crippen molar-refractivity contribution in [3.8, 4) is 5.75 Å². The molecule has 1 aromatic heterocycles. The van der Waals surface area contributed by atoms with Gasteiger partial charge in [0, 0.05) is 18.8 Å². The maximum atomic E-state index is 12.2. The van der Waals surface area contributed by atoms with E-state index in [1.807, 2.05) is 32.0 Å². The van der Waals surface area contributed by atoms with Crippen LogP contribution in [0.25, 0.3) is 0 Å². The zero-order valence-electron chi connectivity index (χ0n) is 17.1. The van der Waals surface area contributed by atoms with E-state index in [0.717, 1.165) is 16.9 Å². The normalized spacial score (nSPS) is 10.7. The van der Waals surface area contributed by atoms with Crippen LogP contribution in [0.5, 0.6) is 5.75 Å². The van der Waals surface area contributed by atoms with Crippen LogP contribution < -0.4 is 10.1 Å². The Morgan fingerprint density at radius 3 is 2.77 bits per heavy atom. The molecule has 2 aromatic carbocycles. The van der Waals surface area contributed by atoms with Crippen LogP contribution >= 0.6 is 23.4 Å². The van der Waals surface area contributed by atoms with Crippen LogP contribution in [0.4, 0.5) is 11.4 Å². The summed E-state index contributed by atoms with van der Waals surface area (Å²) >= 11 is 6.98. The van der Waals surface area contributed by atoms with Crippen molar-refractivity contribution >= 4 is 40.6 Å². The number of benzene rings is 2. The van der Waals surface area contributed by atoms with Crippen LogP contribution in [0.3, 0.4) is 0 Å². The van der Waals surface area contributed by atoms with Crippen LogP contribution in [0.1, 0.15) is 17.0 Å². The van der Waals surface area contributed by atoms with Gasteiger partial charge in [0.05, 0.1) is 10.7 Å². The molecule has 0 fully saturated rings. The van der Waals surface area contributed by atoms with Crippen molar-refractivity contribution in [2.24, 2.45) is 7.05 Å². The summed E-state index contributed by atoms with van der Waals surface area (Å²) in [5.74, 6) is 1.13. The fraction of sp³-hybridized carbons (Fsp3) is 0.250. The number of carbonyl (C=O) groups is 1. The Labute approximate surface area is 187 Å². The molecule has 1 heterocycles. The zero-order chi connectivity index (χ0) is 22.5. The van der Waals surface area contributed by atoms with Crippen LogP contribution in [0.2, 0.25) is 5.02 Å². The van der Waals surface area contributed by atoms with Crippen LogP contribution in [-0.4, -0.2) is 31.3 Å². The van der Waals surface area contributed by atoms with E-state index in [0.29, 0.717) is 16.7 Å². The summed E-state index contributed by atoms with van der Waals surface area (Å²) in [6.07, 6.45) is 0. The first-order valence-electron chi connectivity index (χ1n) is 9.19. The Morgan fingerprint density at radius 1 is 1.26 bits per heavy atom. The number of nitro benzene ring substituents is 1. The third-order valence-electron chi connectivity index (χ3n) is 4.38. The second kappa shape index (κ2) is 9.80. The lowest BCUT2D eigenvalue weighted by Crippen LogP contribution is -2.14. The van der Waals surface area contributed by atoms with Crippen molar-refractivity contribution in [2.75, 3.05) is 11.1 Å². The quantitative estimate of drug-likeness (QED) is 0.302. The molecule has 9 nitrogen and oxygen atoms in total. The Kier molecular flexibility index (Phi) is 7.13. The first-order chi connectivity index (χ1) is 14.7. The summed E-state index contributed by atoms with van der Waals surface area (Å²) in [6.45, 7) is 4.21. The molecule has 0 aliphatic rings. The minimum Gasteiger partial charge on any atom is -0.485 e. The number of nitro groups is 1. The van der Waals surface area contributed by atoms with E-state index in [9.17, 15) is 14.9 Å². The van der Waals surface area contributed by atoms with Gasteiger partial charge in [-0.15, -0.1) is 10.2 Å². The molecule has 0 aliphatic carbocycles. The molecule has 0 radical (unpaired) electrons. The molecule has 0 saturated heterocycles. The lowest BCUT2D eigenvalue weighted by Gasteiger charge is -2.10. The van der Waals surface area contributed by atoms with Gasteiger partial charge in [0.1, 0.15) is 17.4 Å². The highest BCUT2D eigenvalue weighted by molar-refractivity contribution is 7.99. The van der Waals surface area contributed by atoms with E-state index >= 15 is 0 Å². The second-order valence-electron chi connectivity index (χ2n) is 6.78. The van der Waals surface area contributed by atoms with Gasteiger partial charge in [-0.25, -0.2) is 0 Å². The van der Waals surface area contributed by atoms with Crippen molar-refractivity contribution < 1.29 is 14.5 Å². The first-order valence-corrected chi connectivity index (χ1v) is 10.6. The molecular weight excluding hydrogens is 442 g/mol. The number of ether oxygens (including phenoxy) is 1. The average molecular weight is 462 g/mol. The highest BCUT2D eigenvalue weighted by Gasteiger charge is 2.16. The summed E-state index contributed by atoms with van der Waals surface area (Å²) < 4.78 is 7.63. The van der Waals surface area contributed by atoms with Gasteiger partial charge < -0.3 is 14.6 Å². The fourth-order valence-electron chi connectivity index (χ4n) is 2.66. The van der Waals surface area contributed by atoms with Gasteiger partial charge in [0.25, 0.3) is 5.69 Å². The Morgan fingerprint density at radius 2 is 2.03 bits per heavy atom. The van der Waals surface area contributed by atoms with Gasteiger partial charge in [-0.3, -0.25) is 14.9 Å². The molecule has 0 aliphatic heterocycles. The number of hydrogen-bond acceptors (Lipinski definition) is 7. The predicted molar refractivity (Wildman–Crippen MR) is 119 cm³/mol. The number of aromatic nitrogens is 3. The maximum Gasteiger partial charge on any atom is 0.289 e. The molecule has 0 saturated carbocycles. The van der Waals surface area contributed by atoms with E-state index < -0.39 is 4.92 Å². The molecular formula is C20H20ClN5O4S. The number of nitrogens with one attached hydrogen (secondary N) is 1. The average Bonchev–Trinajstić information content (AvgIpc) is 3.08. The third kappa shape index (κ3) is 5.74. The van der Waals surface area contributed by atoms with Gasteiger partial charge in [-0.2, -0.15) is 0 Å². The Hall–Kier alpha value is -3.11. The van der Waals surface area contributed by atoms with Crippen molar-refractivity contribution in [1.29, 1.82) is 0 Å². The molecule has 1 N–H and O–H groups in total. The minimum absolute atomic E-state index is 0.00654. The number of thioether (sulfide) groups is 1. The molecule has 3 aromatic rings. The minimum atomic E-state index is -0.603. The number of rotatable bonds is 8. The molecule has 31 heavy (non-hydrogen) atoms. The van der Waals surface area contributed by atoms with Crippen molar-refractivity contribution in [1.82, 2.24) is 14.8 Å². The zero-order valence-corrected chi connectivity index (χ0v) is 18.7. The second-order valence-corrected chi connectivity index (χ2v) is 8.13. The highest BCUT2D eigenvalue weighted by Crippen LogP contribution is 2.27. The standard InChI is InChI=1S/C20H20ClN5O4S/c1-12-4-5-13(2)17(8-12)30-10-18-23-24-20(25(18)3)31-11-19(27)22-14-6-7-15(21)16(9-14)26(28)29/h4-9H,10-11H2,1-3H3,(H,22,27). The van der Waals surface area contributed by atoms with Crippen molar-refractivity contribution in [3.63, 3.8) is 0 Å². The molecule has 11 heteroatoms. The van der Waals surface area contributed by atoms with Crippen LogP contribution in [0, 0.1) is 24.0 Å². The number of halogens is 1. The number of amides is 1. The molecule has 162 valence electrons. The van der Waals surface area contributed by atoms with Gasteiger partial charge in [0.15, 0.2) is 11.0 Å². The molecule has 1 amide bonds. The van der Waals surface area contributed by atoms with Crippen molar-refractivity contribution in [3.05, 3.63) is 68.5 Å². The SMILES string of the molecule is Cc1ccc(C)c(OCc2nnc(SCC(=O)Nc3ccc(Cl)c([N+](=O)[O-])c3)n2C)c1. The number of carbonyl (C=O) groups excluding carboxylic acids is 1. The Bertz CT molecular complexity index is 1130. The predicted octanol–water partition coefficient (Wildman–Crippen LogP) is 4.30. The van der Waals surface area contributed by atoms with E-state index in [1.54, 1.807) is 11.6 Å². The van der Waals surface area contributed by atoms with Crippen LogP contribution in [0.15, 0.2) is 41.6 Å². The first kappa shape index (κ1) is 22.6. The van der Waals surface area contributed by atoms with E-state index in [2.05, 4.69) is 15.5 Å². The summed E-state index contributed by atoms with van der Waals surface area (Å²) in [5, 5.41) is 22.4. The summed E-state index contributed by atoms with van der Waals surface area (Å²) in [5.41, 5.74) is 2.16. The van der Waals surface area contributed by atoms with E-state index in [-0.39, 0.29) is 29.0 Å². The van der Waals surface area contributed by atoms with Gasteiger partial charge in [-0.05, 0) is 43.2 Å². The summed E-state index contributed by atoms with van der Waals surface area (Å²) in [7, 11) is 1.80. The smallest absolute Gasteiger partial charge is 0.289 e. The van der Waals surface area contributed by atoms with Gasteiger partial charge >= 0.3 is 0 Å². The monoisotopic (exact) mass is 461 g/mol. The topological polar surface area (TPSA) is 112 Å². The third-order valence-corrected chi connectivity index (χ3v) is 5.72.